The van der Waals surface area contributed by atoms with E-state index < -0.39 is 0 Å². The molecule has 13 rings (SSSR count). The molecule has 4 heteroatoms. The molecule has 0 unspecified atom stereocenters. The summed E-state index contributed by atoms with van der Waals surface area (Å²) in [7, 11) is 0. The molecule has 2 aromatic heterocycles. The lowest BCUT2D eigenvalue weighted by molar-refractivity contribution is 1.00. The molecule has 0 aliphatic heterocycles. The molecule has 0 aliphatic rings. The summed E-state index contributed by atoms with van der Waals surface area (Å²) in [5.41, 5.74) is 20.6. The van der Waals surface area contributed by atoms with E-state index in [1.165, 1.54) is 66.1 Å². The van der Waals surface area contributed by atoms with Crippen LogP contribution in [0.5, 0.6) is 0 Å². The molecule has 0 bridgehead atoms. The van der Waals surface area contributed by atoms with E-state index in [0.29, 0.717) is 0 Å². The van der Waals surface area contributed by atoms with E-state index in [2.05, 4.69) is 254 Å². The van der Waals surface area contributed by atoms with Gasteiger partial charge in [-0.05, 0) is 163 Å². The molecule has 0 N–H and O–H groups in total. The maximum Gasteiger partial charge on any atom is 0.111 e. The van der Waals surface area contributed by atoms with Gasteiger partial charge in [0.1, 0.15) is 11.6 Å². The lowest BCUT2D eigenvalue weighted by atomic mass is 9.84. The molecule has 0 saturated carbocycles. The Kier molecular flexibility index (Phi) is 9.91. The number of benzene rings is 11. The van der Waals surface area contributed by atoms with Crippen molar-refractivity contribution in [3.8, 4) is 78.1 Å². The third-order valence-corrected chi connectivity index (χ3v) is 14.0. The van der Waals surface area contributed by atoms with Crippen LogP contribution in [0.1, 0.15) is 11.6 Å². The van der Waals surface area contributed by atoms with Crippen LogP contribution in [0.2, 0.25) is 0 Å². The SMILES string of the molecule is Cc1nc2cc(-c3ccc(-c4ccc5c(-c6ccccc6)c6cc(-c7ccc(-c8ccc9c(c8)nc(C)n9-c8ccccc8)cc7)ccc6c(-c6ccccc6)c5c4)cc3)ccc2n1-c1ccccc1. The van der Waals surface area contributed by atoms with Crippen LogP contribution >= 0.6 is 0 Å². The monoisotopic (exact) mass is 894 g/mol. The lowest BCUT2D eigenvalue weighted by Crippen LogP contribution is -1.95. The zero-order chi connectivity index (χ0) is 46.7. The normalized spacial score (nSPS) is 11.6. The number of fused-ring (bicyclic) bond motifs is 4. The molecule has 0 atom stereocenters. The number of aryl methyl sites for hydroxylation is 2. The first-order valence-corrected chi connectivity index (χ1v) is 24.0. The quantitative estimate of drug-likeness (QED) is 0.143. The minimum absolute atomic E-state index is 0.975. The Morgan fingerprint density at radius 1 is 0.257 bits per heavy atom. The summed E-state index contributed by atoms with van der Waals surface area (Å²) in [6.07, 6.45) is 0. The lowest BCUT2D eigenvalue weighted by Gasteiger charge is -2.20. The van der Waals surface area contributed by atoms with Gasteiger partial charge in [0.15, 0.2) is 0 Å². The summed E-state index contributed by atoms with van der Waals surface area (Å²) >= 11 is 0. The predicted octanol–water partition coefficient (Wildman–Crippen LogP) is 17.3. The molecule has 330 valence electrons. The van der Waals surface area contributed by atoms with Crippen LogP contribution in [0.25, 0.3) is 122 Å². The fourth-order valence-electron chi connectivity index (χ4n) is 10.7. The van der Waals surface area contributed by atoms with Crippen molar-refractivity contribution in [2.24, 2.45) is 0 Å². The van der Waals surface area contributed by atoms with E-state index in [1.54, 1.807) is 0 Å². The highest BCUT2D eigenvalue weighted by Gasteiger charge is 2.19. The molecule has 0 spiro atoms. The van der Waals surface area contributed by atoms with E-state index in [-0.39, 0.29) is 0 Å². The molecule has 0 aliphatic carbocycles. The van der Waals surface area contributed by atoms with E-state index in [4.69, 9.17) is 9.97 Å². The molecule has 0 amide bonds. The van der Waals surface area contributed by atoms with Crippen molar-refractivity contribution >= 4 is 43.6 Å². The van der Waals surface area contributed by atoms with Gasteiger partial charge in [0.25, 0.3) is 0 Å². The minimum atomic E-state index is 0.975. The maximum atomic E-state index is 4.96. The number of aromatic nitrogens is 4. The van der Waals surface area contributed by atoms with E-state index in [1.807, 2.05) is 12.1 Å². The van der Waals surface area contributed by atoms with Crippen molar-refractivity contribution in [3.05, 3.63) is 254 Å². The molecule has 11 aromatic carbocycles. The van der Waals surface area contributed by atoms with Crippen LogP contribution in [-0.2, 0) is 0 Å². The van der Waals surface area contributed by atoms with Crippen LogP contribution in [0, 0.1) is 13.8 Å². The van der Waals surface area contributed by atoms with Gasteiger partial charge in [0.05, 0.1) is 22.1 Å². The Morgan fingerprint density at radius 2 is 0.557 bits per heavy atom. The van der Waals surface area contributed by atoms with Crippen molar-refractivity contribution < 1.29 is 0 Å². The third kappa shape index (κ3) is 7.08. The molecule has 70 heavy (non-hydrogen) atoms. The minimum Gasteiger partial charge on any atom is -0.297 e. The fourth-order valence-corrected chi connectivity index (χ4v) is 10.7. The van der Waals surface area contributed by atoms with Gasteiger partial charge in [-0.3, -0.25) is 9.13 Å². The van der Waals surface area contributed by atoms with Gasteiger partial charge in [-0.15, -0.1) is 0 Å². The van der Waals surface area contributed by atoms with Crippen molar-refractivity contribution in [1.82, 2.24) is 19.1 Å². The smallest absolute Gasteiger partial charge is 0.111 e. The summed E-state index contributed by atoms with van der Waals surface area (Å²) in [5, 5.41) is 4.91. The van der Waals surface area contributed by atoms with Crippen LogP contribution in [-0.4, -0.2) is 19.1 Å². The number of hydrogen-bond acceptors (Lipinski definition) is 2. The molecule has 4 nitrogen and oxygen atoms in total. The summed E-state index contributed by atoms with van der Waals surface area (Å²) in [4.78, 5) is 9.93. The number of nitrogens with zero attached hydrogens (tertiary/aromatic N) is 4. The van der Waals surface area contributed by atoms with E-state index in [9.17, 15) is 0 Å². The molecule has 13 aromatic rings. The van der Waals surface area contributed by atoms with E-state index in [0.717, 1.165) is 67.3 Å². The Bertz CT molecular complexity index is 3810. The number of para-hydroxylation sites is 2. The highest BCUT2D eigenvalue weighted by atomic mass is 15.1. The summed E-state index contributed by atoms with van der Waals surface area (Å²) in [5.74, 6) is 1.95. The number of hydrogen-bond donors (Lipinski definition) is 0. The average Bonchev–Trinajstić information content (AvgIpc) is 3.94. The van der Waals surface area contributed by atoms with Crippen LogP contribution in [0.15, 0.2) is 243 Å². The van der Waals surface area contributed by atoms with Gasteiger partial charge >= 0.3 is 0 Å². The zero-order valence-electron chi connectivity index (χ0n) is 38.9. The van der Waals surface area contributed by atoms with Gasteiger partial charge in [0.2, 0.25) is 0 Å². The Balaban J connectivity index is 0.890. The second-order valence-corrected chi connectivity index (χ2v) is 18.2. The van der Waals surface area contributed by atoms with Gasteiger partial charge in [0, 0.05) is 11.4 Å². The first-order valence-electron chi connectivity index (χ1n) is 24.0. The molecule has 0 fully saturated rings. The van der Waals surface area contributed by atoms with Crippen LogP contribution < -0.4 is 0 Å². The Labute approximate surface area is 407 Å². The molecule has 2 heterocycles. The fraction of sp³-hybridized carbons (Fsp3) is 0.0303. The second-order valence-electron chi connectivity index (χ2n) is 18.2. The predicted molar refractivity (Wildman–Crippen MR) is 293 cm³/mol. The number of rotatable bonds is 8. The molecular weight excluding hydrogens is 849 g/mol. The Morgan fingerprint density at radius 3 is 0.914 bits per heavy atom. The van der Waals surface area contributed by atoms with E-state index >= 15 is 0 Å². The molecule has 0 saturated heterocycles. The van der Waals surface area contributed by atoms with Crippen molar-refractivity contribution in [1.29, 1.82) is 0 Å². The molecule has 0 radical (unpaired) electrons. The standard InChI is InChI=1S/C66H46N4/c1-43-67-61-41-53(33-37-63(61)69(43)55-19-11-5-12-20-55)47-27-23-45(24-28-47)51-31-35-57-59(39-51)65(49-15-7-3-8-16-49)58-36-32-52(40-60(58)66(57)50-17-9-4-10-18-50)46-25-29-48(30-26-46)54-34-38-64-62(42-54)68-44(2)70(64)56-21-13-6-14-22-56/h3-42H,1-2H3. The third-order valence-electron chi connectivity index (χ3n) is 14.0. The highest BCUT2D eigenvalue weighted by molar-refractivity contribution is 6.22. The zero-order valence-corrected chi connectivity index (χ0v) is 38.9. The second kappa shape index (κ2) is 16.9. The van der Waals surface area contributed by atoms with Gasteiger partial charge in [-0.25, -0.2) is 9.97 Å². The highest BCUT2D eigenvalue weighted by Crippen LogP contribution is 2.46. The van der Waals surface area contributed by atoms with Crippen molar-refractivity contribution in [2.45, 2.75) is 13.8 Å². The summed E-state index contributed by atoms with van der Waals surface area (Å²) in [6, 6.07) is 88.0. The van der Waals surface area contributed by atoms with Crippen LogP contribution in [0.3, 0.4) is 0 Å². The maximum absolute atomic E-state index is 4.96. The average molecular weight is 895 g/mol. The largest absolute Gasteiger partial charge is 0.297 e. The number of imidazole rings is 2. The summed E-state index contributed by atoms with van der Waals surface area (Å²) in [6.45, 7) is 4.15. The topological polar surface area (TPSA) is 35.6 Å². The van der Waals surface area contributed by atoms with Crippen molar-refractivity contribution in [2.75, 3.05) is 0 Å². The van der Waals surface area contributed by atoms with Gasteiger partial charge < -0.3 is 0 Å². The first-order chi connectivity index (χ1) is 34.5. The molecular formula is C66H46N4. The Hall–Kier alpha value is -9.12. The van der Waals surface area contributed by atoms with Gasteiger partial charge in [-0.2, -0.15) is 0 Å². The van der Waals surface area contributed by atoms with Gasteiger partial charge in [-0.1, -0.05) is 182 Å². The van der Waals surface area contributed by atoms with Crippen LogP contribution in [0.4, 0.5) is 0 Å². The summed E-state index contributed by atoms with van der Waals surface area (Å²) < 4.78 is 4.45. The first kappa shape index (κ1) is 41.1. The van der Waals surface area contributed by atoms with Crippen molar-refractivity contribution in [3.63, 3.8) is 0 Å².